The molecule has 0 aromatic heterocycles. The van der Waals surface area contributed by atoms with Crippen LogP contribution in [0.2, 0.25) is 0 Å². The van der Waals surface area contributed by atoms with Crippen molar-refractivity contribution < 1.29 is 17.2 Å². The van der Waals surface area contributed by atoms with Crippen molar-refractivity contribution in [3.63, 3.8) is 0 Å². The van der Waals surface area contributed by atoms with E-state index in [0.717, 1.165) is 11.2 Å². The number of piperazine rings is 1. The SMILES string of the molecule is CC(F)(F)CN1CCN(S(=O)(=O)Cl)CC1. The summed E-state index contributed by atoms with van der Waals surface area (Å²) in [6.45, 7) is 1.41. The van der Waals surface area contributed by atoms with E-state index in [1.807, 2.05) is 0 Å². The Hall–Kier alpha value is 0.0200. The molecule has 0 spiro atoms. The number of hydrogen-bond donors (Lipinski definition) is 0. The Morgan fingerprint density at radius 1 is 1.27 bits per heavy atom. The molecular weight excluding hydrogens is 250 g/mol. The normalized spacial score (nSPS) is 21.9. The first-order chi connectivity index (χ1) is 6.68. The average Bonchev–Trinajstić information content (AvgIpc) is 2.00. The lowest BCUT2D eigenvalue weighted by Crippen LogP contribution is -2.50. The van der Waals surface area contributed by atoms with Crippen LogP contribution in [0.1, 0.15) is 6.92 Å². The van der Waals surface area contributed by atoms with Gasteiger partial charge in [0.2, 0.25) is 0 Å². The molecule has 15 heavy (non-hydrogen) atoms. The average molecular weight is 263 g/mol. The smallest absolute Gasteiger partial charge is 0.295 e. The molecule has 0 unspecified atom stereocenters. The van der Waals surface area contributed by atoms with Gasteiger partial charge in [0.05, 0.1) is 6.54 Å². The summed E-state index contributed by atoms with van der Waals surface area (Å²) in [5, 5.41) is 0. The van der Waals surface area contributed by atoms with Gasteiger partial charge in [-0.1, -0.05) is 0 Å². The van der Waals surface area contributed by atoms with Crippen molar-refractivity contribution in [1.82, 2.24) is 9.21 Å². The minimum atomic E-state index is -3.70. The van der Waals surface area contributed by atoms with Crippen molar-refractivity contribution in [2.24, 2.45) is 0 Å². The Balaban J connectivity index is 2.43. The molecule has 1 rings (SSSR count). The van der Waals surface area contributed by atoms with E-state index in [9.17, 15) is 17.2 Å². The summed E-state index contributed by atoms with van der Waals surface area (Å²) in [5.41, 5.74) is 0. The zero-order chi connectivity index (χ0) is 11.7. The summed E-state index contributed by atoms with van der Waals surface area (Å²) in [6, 6.07) is 0. The highest BCUT2D eigenvalue weighted by Gasteiger charge is 2.30. The molecule has 0 radical (unpaired) electrons. The standard InChI is InChI=1S/C7H13ClF2N2O2S/c1-7(9,10)6-11-2-4-12(5-3-11)15(8,13)14/h2-6H2,1H3. The molecule has 1 aliphatic heterocycles. The van der Waals surface area contributed by atoms with Gasteiger partial charge in [0, 0.05) is 43.8 Å². The third-order valence-electron chi connectivity index (χ3n) is 2.14. The van der Waals surface area contributed by atoms with E-state index in [2.05, 4.69) is 0 Å². The number of hydrogen-bond acceptors (Lipinski definition) is 3. The third kappa shape index (κ3) is 4.58. The van der Waals surface area contributed by atoms with E-state index in [1.54, 1.807) is 0 Å². The third-order valence-corrected chi connectivity index (χ3v) is 3.71. The van der Waals surface area contributed by atoms with Crippen LogP contribution in [0.25, 0.3) is 0 Å². The molecule has 0 bridgehead atoms. The molecule has 0 N–H and O–H groups in total. The summed E-state index contributed by atoms with van der Waals surface area (Å²) >= 11 is 0. The van der Waals surface area contributed by atoms with Crippen LogP contribution >= 0.6 is 10.7 Å². The Kier molecular flexibility index (Phi) is 3.91. The van der Waals surface area contributed by atoms with Crippen LogP contribution in [0, 0.1) is 0 Å². The van der Waals surface area contributed by atoms with Crippen LogP contribution in [0.15, 0.2) is 0 Å². The molecule has 1 heterocycles. The van der Waals surface area contributed by atoms with Crippen molar-refractivity contribution in [3.05, 3.63) is 0 Å². The molecule has 0 atom stereocenters. The monoisotopic (exact) mass is 262 g/mol. The summed E-state index contributed by atoms with van der Waals surface area (Å²) in [4.78, 5) is 1.53. The minimum absolute atomic E-state index is 0.169. The van der Waals surface area contributed by atoms with Gasteiger partial charge in [-0.25, -0.2) is 8.78 Å². The summed E-state index contributed by atoms with van der Waals surface area (Å²) in [7, 11) is 1.42. The number of rotatable bonds is 3. The van der Waals surface area contributed by atoms with Crippen molar-refractivity contribution in [2.45, 2.75) is 12.8 Å². The summed E-state index contributed by atoms with van der Waals surface area (Å²) in [6.07, 6.45) is 0. The van der Waals surface area contributed by atoms with Gasteiger partial charge < -0.3 is 0 Å². The Morgan fingerprint density at radius 2 is 1.73 bits per heavy atom. The predicted molar refractivity (Wildman–Crippen MR) is 53.4 cm³/mol. The van der Waals surface area contributed by atoms with Gasteiger partial charge in [0.1, 0.15) is 0 Å². The van der Waals surface area contributed by atoms with Crippen LogP contribution < -0.4 is 0 Å². The van der Waals surface area contributed by atoms with Gasteiger partial charge in [-0.3, -0.25) is 4.90 Å². The van der Waals surface area contributed by atoms with Crippen LogP contribution in [0.4, 0.5) is 8.78 Å². The van der Waals surface area contributed by atoms with E-state index in [0.29, 0.717) is 0 Å². The summed E-state index contributed by atoms with van der Waals surface area (Å²) in [5.74, 6) is -2.75. The van der Waals surface area contributed by atoms with E-state index < -0.39 is 15.2 Å². The maximum atomic E-state index is 12.6. The molecule has 0 amide bonds. The predicted octanol–water partition coefficient (Wildman–Crippen LogP) is 0.743. The fourth-order valence-corrected chi connectivity index (χ4v) is 2.51. The second-order valence-corrected chi connectivity index (χ2v) is 6.20. The zero-order valence-corrected chi connectivity index (χ0v) is 9.86. The Labute approximate surface area is 92.3 Å². The second kappa shape index (κ2) is 4.48. The first-order valence-electron chi connectivity index (χ1n) is 4.48. The second-order valence-electron chi connectivity index (χ2n) is 3.69. The van der Waals surface area contributed by atoms with Gasteiger partial charge in [-0.2, -0.15) is 12.7 Å². The van der Waals surface area contributed by atoms with Crippen molar-refractivity contribution in [3.8, 4) is 0 Å². The molecule has 0 aliphatic carbocycles. The fraction of sp³-hybridized carbons (Fsp3) is 1.00. The van der Waals surface area contributed by atoms with E-state index in [-0.39, 0.29) is 32.7 Å². The topological polar surface area (TPSA) is 40.6 Å². The quantitative estimate of drug-likeness (QED) is 0.705. The molecule has 0 aromatic carbocycles. The number of halogens is 3. The summed E-state index contributed by atoms with van der Waals surface area (Å²) < 4.78 is 48.2. The Morgan fingerprint density at radius 3 is 2.07 bits per heavy atom. The maximum Gasteiger partial charge on any atom is 0.299 e. The van der Waals surface area contributed by atoms with Gasteiger partial charge in [0.25, 0.3) is 15.2 Å². The first-order valence-corrected chi connectivity index (χ1v) is 6.75. The number of alkyl halides is 2. The van der Waals surface area contributed by atoms with Crippen LogP contribution in [-0.2, 0) is 9.24 Å². The van der Waals surface area contributed by atoms with Gasteiger partial charge >= 0.3 is 0 Å². The zero-order valence-electron chi connectivity index (χ0n) is 8.29. The molecule has 0 aromatic rings. The lowest BCUT2D eigenvalue weighted by atomic mass is 10.3. The highest BCUT2D eigenvalue weighted by Crippen LogP contribution is 2.16. The van der Waals surface area contributed by atoms with Crippen molar-refractivity contribution in [2.75, 3.05) is 32.7 Å². The Bertz CT molecular complexity index is 309. The first kappa shape index (κ1) is 13.1. The number of nitrogens with zero attached hydrogens (tertiary/aromatic N) is 2. The molecule has 90 valence electrons. The molecule has 1 saturated heterocycles. The minimum Gasteiger partial charge on any atom is -0.295 e. The molecular formula is C7H13ClF2N2O2S. The lowest BCUT2D eigenvalue weighted by molar-refractivity contribution is -0.0207. The molecule has 1 aliphatic rings. The van der Waals surface area contributed by atoms with Crippen molar-refractivity contribution >= 4 is 19.9 Å². The molecule has 1 fully saturated rings. The van der Waals surface area contributed by atoms with Gasteiger partial charge in [-0.15, -0.1) is 0 Å². The largest absolute Gasteiger partial charge is 0.299 e. The van der Waals surface area contributed by atoms with E-state index in [1.165, 1.54) is 4.90 Å². The highest BCUT2D eigenvalue weighted by atomic mass is 35.7. The van der Waals surface area contributed by atoms with E-state index in [4.69, 9.17) is 10.7 Å². The van der Waals surface area contributed by atoms with Crippen molar-refractivity contribution in [1.29, 1.82) is 0 Å². The van der Waals surface area contributed by atoms with Gasteiger partial charge in [-0.05, 0) is 0 Å². The van der Waals surface area contributed by atoms with Crippen LogP contribution in [-0.4, -0.2) is 56.3 Å². The van der Waals surface area contributed by atoms with E-state index >= 15 is 0 Å². The maximum absolute atomic E-state index is 12.6. The van der Waals surface area contributed by atoms with Gasteiger partial charge in [0.15, 0.2) is 0 Å². The van der Waals surface area contributed by atoms with Crippen LogP contribution in [0.3, 0.4) is 0 Å². The lowest BCUT2D eigenvalue weighted by Gasteiger charge is -2.33. The molecule has 0 saturated carbocycles. The molecule has 8 heteroatoms. The van der Waals surface area contributed by atoms with Crippen LogP contribution in [0.5, 0.6) is 0 Å². The molecule has 4 nitrogen and oxygen atoms in total. The highest BCUT2D eigenvalue weighted by molar-refractivity contribution is 8.11. The fourth-order valence-electron chi connectivity index (χ4n) is 1.50.